The van der Waals surface area contributed by atoms with Gasteiger partial charge in [-0.15, -0.1) is 0 Å². The standard InChI is InChI=1S/C13H26N2O/c1-2-15(12-5-6-12)10-9-14-8-7-13-4-3-11-16-13/h12-14H,2-11H2,1H3. The van der Waals surface area contributed by atoms with Gasteiger partial charge in [0.15, 0.2) is 0 Å². The van der Waals surface area contributed by atoms with Crippen molar-refractivity contribution in [1.82, 2.24) is 10.2 Å². The summed E-state index contributed by atoms with van der Waals surface area (Å²) in [7, 11) is 0. The molecule has 1 heterocycles. The van der Waals surface area contributed by atoms with E-state index in [-0.39, 0.29) is 0 Å². The van der Waals surface area contributed by atoms with Crippen LogP contribution >= 0.6 is 0 Å². The summed E-state index contributed by atoms with van der Waals surface area (Å²) in [5.41, 5.74) is 0. The van der Waals surface area contributed by atoms with Gasteiger partial charge in [0.05, 0.1) is 6.10 Å². The van der Waals surface area contributed by atoms with Crippen LogP contribution in [-0.2, 0) is 4.74 Å². The summed E-state index contributed by atoms with van der Waals surface area (Å²) >= 11 is 0. The lowest BCUT2D eigenvalue weighted by atomic mass is 10.2. The van der Waals surface area contributed by atoms with Crippen LogP contribution in [0.15, 0.2) is 0 Å². The molecule has 1 unspecified atom stereocenters. The second kappa shape index (κ2) is 6.58. The van der Waals surface area contributed by atoms with Gasteiger partial charge >= 0.3 is 0 Å². The molecular formula is C13H26N2O. The van der Waals surface area contributed by atoms with E-state index >= 15 is 0 Å². The van der Waals surface area contributed by atoms with Crippen molar-refractivity contribution in [3.63, 3.8) is 0 Å². The van der Waals surface area contributed by atoms with Crippen molar-refractivity contribution in [2.75, 3.05) is 32.8 Å². The molecule has 1 saturated heterocycles. The lowest BCUT2D eigenvalue weighted by molar-refractivity contribution is 0.104. The fraction of sp³-hybridized carbons (Fsp3) is 1.00. The van der Waals surface area contributed by atoms with Crippen LogP contribution < -0.4 is 5.32 Å². The number of hydrogen-bond acceptors (Lipinski definition) is 3. The van der Waals surface area contributed by atoms with Crippen molar-refractivity contribution in [1.29, 1.82) is 0 Å². The molecule has 1 atom stereocenters. The molecule has 1 aliphatic carbocycles. The second-order valence-corrected chi connectivity index (χ2v) is 5.03. The maximum absolute atomic E-state index is 5.60. The first-order chi connectivity index (χ1) is 7.90. The minimum Gasteiger partial charge on any atom is -0.378 e. The first kappa shape index (κ1) is 12.3. The summed E-state index contributed by atoms with van der Waals surface area (Å²) in [6.07, 6.45) is 7.10. The molecule has 2 fully saturated rings. The molecular weight excluding hydrogens is 200 g/mol. The highest BCUT2D eigenvalue weighted by Crippen LogP contribution is 2.25. The van der Waals surface area contributed by atoms with Gasteiger partial charge < -0.3 is 10.1 Å². The molecule has 3 nitrogen and oxygen atoms in total. The van der Waals surface area contributed by atoms with E-state index < -0.39 is 0 Å². The lowest BCUT2D eigenvalue weighted by Crippen LogP contribution is -2.34. The Bertz CT molecular complexity index is 188. The topological polar surface area (TPSA) is 24.5 Å². The summed E-state index contributed by atoms with van der Waals surface area (Å²) in [6, 6.07) is 0.907. The van der Waals surface area contributed by atoms with E-state index in [4.69, 9.17) is 4.74 Å². The molecule has 0 aromatic heterocycles. The first-order valence-electron chi connectivity index (χ1n) is 6.96. The van der Waals surface area contributed by atoms with Crippen LogP contribution in [0.1, 0.15) is 39.0 Å². The fourth-order valence-corrected chi connectivity index (χ4v) is 2.52. The van der Waals surface area contributed by atoms with E-state index in [1.165, 1.54) is 45.2 Å². The Balaban J connectivity index is 1.44. The van der Waals surface area contributed by atoms with Crippen molar-refractivity contribution in [3.05, 3.63) is 0 Å². The predicted octanol–water partition coefficient (Wildman–Crippen LogP) is 1.63. The van der Waals surface area contributed by atoms with Crippen LogP contribution in [0.4, 0.5) is 0 Å². The fourth-order valence-electron chi connectivity index (χ4n) is 2.52. The van der Waals surface area contributed by atoms with E-state index in [9.17, 15) is 0 Å². The molecule has 0 bridgehead atoms. The molecule has 16 heavy (non-hydrogen) atoms. The van der Waals surface area contributed by atoms with Crippen molar-refractivity contribution < 1.29 is 4.74 Å². The normalized spacial score (nSPS) is 25.5. The highest BCUT2D eigenvalue weighted by atomic mass is 16.5. The van der Waals surface area contributed by atoms with Crippen molar-refractivity contribution in [3.8, 4) is 0 Å². The number of ether oxygens (including phenoxy) is 1. The minimum absolute atomic E-state index is 0.540. The Morgan fingerprint density at radius 3 is 2.75 bits per heavy atom. The zero-order chi connectivity index (χ0) is 11.2. The monoisotopic (exact) mass is 226 g/mol. The van der Waals surface area contributed by atoms with Gasteiger partial charge in [0.25, 0.3) is 0 Å². The van der Waals surface area contributed by atoms with Gasteiger partial charge in [-0.05, 0) is 45.2 Å². The summed E-state index contributed by atoms with van der Waals surface area (Å²) in [6.45, 7) is 7.93. The average molecular weight is 226 g/mol. The second-order valence-electron chi connectivity index (χ2n) is 5.03. The molecule has 0 amide bonds. The Kier molecular flexibility index (Phi) is 5.07. The van der Waals surface area contributed by atoms with Gasteiger partial charge in [0, 0.05) is 25.7 Å². The molecule has 0 radical (unpaired) electrons. The van der Waals surface area contributed by atoms with Gasteiger partial charge in [-0.3, -0.25) is 4.90 Å². The van der Waals surface area contributed by atoms with Gasteiger partial charge in [0.2, 0.25) is 0 Å². The van der Waals surface area contributed by atoms with Crippen LogP contribution in [0.5, 0.6) is 0 Å². The molecule has 1 N–H and O–H groups in total. The Morgan fingerprint density at radius 1 is 1.25 bits per heavy atom. The van der Waals surface area contributed by atoms with Gasteiger partial charge in [-0.1, -0.05) is 6.92 Å². The number of nitrogens with one attached hydrogen (secondary N) is 1. The zero-order valence-electron chi connectivity index (χ0n) is 10.6. The van der Waals surface area contributed by atoms with Crippen molar-refractivity contribution in [2.24, 2.45) is 0 Å². The number of nitrogens with zero attached hydrogens (tertiary/aromatic N) is 1. The van der Waals surface area contributed by atoms with Crippen LogP contribution in [0.2, 0.25) is 0 Å². The molecule has 1 saturated carbocycles. The largest absolute Gasteiger partial charge is 0.378 e. The summed E-state index contributed by atoms with van der Waals surface area (Å²) in [5.74, 6) is 0. The molecule has 2 rings (SSSR count). The van der Waals surface area contributed by atoms with E-state index in [2.05, 4.69) is 17.1 Å². The first-order valence-corrected chi connectivity index (χ1v) is 6.96. The van der Waals surface area contributed by atoms with Crippen LogP contribution in [0, 0.1) is 0 Å². The Labute approximate surface area is 99.5 Å². The molecule has 2 aliphatic rings. The lowest BCUT2D eigenvalue weighted by Gasteiger charge is -2.20. The van der Waals surface area contributed by atoms with E-state index in [0.717, 1.165) is 25.7 Å². The maximum Gasteiger partial charge on any atom is 0.0588 e. The van der Waals surface area contributed by atoms with Crippen LogP contribution in [-0.4, -0.2) is 49.8 Å². The SMILES string of the molecule is CCN(CCNCCC1CCCO1)C1CC1. The zero-order valence-corrected chi connectivity index (χ0v) is 10.6. The Morgan fingerprint density at radius 2 is 2.12 bits per heavy atom. The van der Waals surface area contributed by atoms with Crippen molar-refractivity contribution >= 4 is 0 Å². The van der Waals surface area contributed by atoms with E-state index in [1.54, 1.807) is 0 Å². The maximum atomic E-state index is 5.60. The van der Waals surface area contributed by atoms with Crippen molar-refractivity contribution in [2.45, 2.75) is 51.2 Å². The third-order valence-corrected chi connectivity index (χ3v) is 3.71. The highest BCUT2D eigenvalue weighted by molar-refractivity contribution is 4.84. The third kappa shape index (κ3) is 4.04. The van der Waals surface area contributed by atoms with Gasteiger partial charge in [0.1, 0.15) is 0 Å². The molecule has 1 aliphatic heterocycles. The molecule has 3 heteroatoms. The molecule has 0 aromatic carbocycles. The smallest absolute Gasteiger partial charge is 0.0588 e. The van der Waals surface area contributed by atoms with Gasteiger partial charge in [-0.2, -0.15) is 0 Å². The Hall–Kier alpha value is -0.120. The third-order valence-electron chi connectivity index (χ3n) is 3.71. The summed E-state index contributed by atoms with van der Waals surface area (Å²) in [5, 5.41) is 3.54. The van der Waals surface area contributed by atoms with Crippen LogP contribution in [0.25, 0.3) is 0 Å². The van der Waals surface area contributed by atoms with E-state index in [0.29, 0.717) is 6.10 Å². The number of hydrogen-bond donors (Lipinski definition) is 1. The van der Waals surface area contributed by atoms with Gasteiger partial charge in [-0.25, -0.2) is 0 Å². The number of rotatable bonds is 8. The summed E-state index contributed by atoms with van der Waals surface area (Å²) in [4.78, 5) is 2.60. The molecule has 0 spiro atoms. The van der Waals surface area contributed by atoms with Crippen LogP contribution in [0.3, 0.4) is 0 Å². The van der Waals surface area contributed by atoms with E-state index in [1.807, 2.05) is 0 Å². The predicted molar refractivity (Wildman–Crippen MR) is 66.7 cm³/mol. The molecule has 94 valence electrons. The number of likely N-dealkylation sites (N-methyl/N-ethyl adjacent to an activating group) is 1. The summed E-state index contributed by atoms with van der Waals surface area (Å²) < 4.78 is 5.60. The average Bonchev–Trinajstić information content (AvgIpc) is 3.01. The molecule has 0 aromatic rings. The quantitative estimate of drug-likeness (QED) is 0.637. The minimum atomic E-state index is 0.540. The highest BCUT2D eigenvalue weighted by Gasteiger charge is 2.26.